The number of carbonyl (C=O) groups excluding carboxylic acids is 2. The topological polar surface area (TPSA) is 65.2 Å². The summed E-state index contributed by atoms with van der Waals surface area (Å²) in [4.78, 5) is 34.3. The number of fused-ring (bicyclic) bond motifs is 5. The summed E-state index contributed by atoms with van der Waals surface area (Å²) in [6.07, 6.45) is 1.78. The SMILES string of the molecule is O=C(c1c[nH]c2ccccc12)[C@@H]1[C@@H](c2ccc(Cl)cc2Cl)[C@@H]2CSCN2[C@@]12C(=O)Nc1ccccc12. The third-order valence-electron chi connectivity index (χ3n) is 7.99. The monoisotopic (exact) mass is 533 g/mol. The predicted octanol–water partition coefficient (Wildman–Crippen LogP) is 6.29. The van der Waals surface area contributed by atoms with Crippen LogP contribution in [0.5, 0.6) is 0 Å². The Morgan fingerprint density at radius 2 is 1.86 bits per heavy atom. The second-order valence-electron chi connectivity index (χ2n) is 9.58. The van der Waals surface area contributed by atoms with Crippen molar-refractivity contribution >= 4 is 63.2 Å². The number of H-pyrrole nitrogens is 1. The standard InChI is InChI=1S/C28H21Cl2N3O2S/c29-15-9-10-17(20(30)11-15)24-23-13-36-14-33(23)28(19-6-2-4-8-22(19)32-27(28)35)25(24)26(34)18-12-31-21-7-3-1-5-16(18)21/h1-12,23-25,31H,13-14H2,(H,32,35)/t23-,24-,25-,28+/m0/s1. The fourth-order valence-corrected chi connectivity index (χ4v) is 8.45. The molecule has 4 aromatic rings. The van der Waals surface area contributed by atoms with Crippen molar-refractivity contribution in [2.45, 2.75) is 17.5 Å². The van der Waals surface area contributed by atoms with E-state index in [1.54, 1.807) is 24.0 Å². The van der Waals surface area contributed by atoms with Crippen molar-refractivity contribution in [1.82, 2.24) is 9.88 Å². The zero-order valence-corrected chi connectivity index (χ0v) is 21.3. The highest BCUT2D eigenvalue weighted by Gasteiger charge is 2.69. The average molecular weight is 534 g/mol. The maximum Gasteiger partial charge on any atom is 0.250 e. The molecule has 5 nitrogen and oxygen atoms in total. The van der Waals surface area contributed by atoms with E-state index < -0.39 is 11.5 Å². The van der Waals surface area contributed by atoms with Crippen LogP contribution in [0.1, 0.15) is 27.4 Å². The Labute approximate surface area is 222 Å². The van der Waals surface area contributed by atoms with E-state index in [2.05, 4.69) is 15.2 Å². The van der Waals surface area contributed by atoms with Gasteiger partial charge in [-0.15, -0.1) is 11.8 Å². The molecule has 0 unspecified atom stereocenters. The average Bonchev–Trinajstić information content (AvgIpc) is 3.63. The van der Waals surface area contributed by atoms with Gasteiger partial charge in [0.1, 0.15) is 5.54 Å². The van der Waals surface area contributed by atoms with E-state index in [1.807, 2.05) is 60.7 Å². The largest absolute Gasteiger partial charge is 0.360 e. The van der Waals surface area contributed by atoms with Gasteiger partial charge in [0.2, 0.25) is 5.91 Å². The molecule has 8 heteroatoms. The van der Waals surface area contributed by atoms with Crippen LogP contribution in [0.4, 0.5) is 5.69 Å². The van der Waals surface area contributed by atoms with Crippen LogP contribution in [0.2, 0.25) is 10.0 Å². The summed E-state index contributed by atoms with van der Waals surface area (Å²) in [5.41, 5.74) is 2.82. The zero-order valence-electron chi connectivity index (χ0n) is 19.0. The number of para-hydroxylation sites is 2. The van der Waals surface area contributed by atoms with Gasteiger partial charge in [0.05, 0.1) is 5.92 Å². The van der Waals surface area contributed by atoms with Crippen LogP contribution in [0, 0.1) is 5.92 Å². The molecule has 3 aromatic carbocycles. The normalized spacial score (nSPS) is 26.9. The van der Waals surface area contributed by atoms with Gasteiger partial charge in [0.15, 0.2) is 5.78 Å². The van der Waals surface area contributed by atoms with Crippen molar-refractivity contribution in [3.8, 4) is 0 Å². The number of ketones is 1. The minimum atomic E-state index is -1.13. The maximum absolute atomic E-state index is 14.7. The molecule has 4 atom stereocenters. The molecule has 3 aliphatic rings. The number of carbonyl (C=O) groups is 2. The number of amides is 1. The van der Waals surface area contributed by atoms with Crippen LogP contribution in [0.25, 0.3) is 10.9 Å². The fourth-order valence-electron chi connectivity index (χ4n) is 6.59. The smallest absolute Gasteiger partial charge is 0.250 e. The second kappa shape index (κ2) is 8.12. The summed E-state index contributed by atoms with van der Waals surface area (Å²) >= 11 is 14.8. The van der Waals surface area contributed by atoms with Crippen LogP contribution in [0.15, 0.2) is 72.9 Å². The van der Waals surface area contributed by atoms with E-state index in [4.69, 9.17) is 23.2 Å². The van der Waals surface area contributed by atoms with Crippen LogP contribution in [-0.2, 0) is 10.3 Å². The summed E-state index contributed by atoms with van der Waals surface area (Å²) in [6.45, 7) is 0. The number of nitrogens with one attached hydrogen (secondary N) is 2. The number of aromatic nitrogens is 1. The highest BCUT2D eigenvalue weighted by atomic mass is 35.5. The van der Waals surface area contributed by atoms with Gasteiger partial charge in [-0.3, -0.25) is 14.5 Å². The van der Waals surface area contributed by atoms with Crippen LogP contribution < -0.4 is 5.32 Å². The summed E-state index contributed by atoms with van der Waals surface area (Å²) in [7, 11) is 0. The quantitative estimate of drug-likeness (QED) is 0.303. The number of hydrogen-bond acceptors (Lipinski definition) is 4. The third-order valence-corrected chi connectivity index (χ3v) is 9.59. The van der Waals surface area contributed by atoms with E-state index in [0.717, 1.165) is 33.5 Å². The number of benzene rings is 3. The van der Waals surface area contributed by atoms with Crippen molar-refractivity contribution in [3.63, 3.8) is 0 Å². The zero-order chi connectivity index (χ0) is 24.6. The van der Waals surface area contributed by atoms with Gasteiger partial charge in [-0.25, -0.2) is 0 Å². The number of Topliss-reactive ketones (excluding diaryl/α,β-unsaturated/α-hetero) is 1. The molecule has 0 radical (unpaired) electrons. The summed E-state index contributed by atoms with van der Waals surface area (Å²) < 4.78 is 0. The number of halogens is 2. The lowest BCUT2D eigenvalue weighted by Gasteiger charge is -2.36. The van der Waals surface area contributed by atoms with Crippen molar-refractivity contribution in [3.05, 3.63) is 99.7 Å². The number of aromatic amines is 1. The molecule has 2 saturated heterocycles. The first kappa shape index (κ1) is 22.4. The summed E-state index contributed by atoms with van der Waals surface area (Å²) in [6, 6.07) is 20.9. The minimum absolute atomic E-state index is 0.0373. The number of rotatable bonds is 3. The summed E-state index contributed by atoms with van der Waals surface area (Å²) in [5, 5.41) is 5.01. The van der Waals surface area contributed by atoms with Crippen LogP contribution >= 0.6 is 35.0 Å². The number of hydrogen-bond donors (Lipinski definition) is 2. The Morgan fingerprint density at radius 1 is 1.06 bits per heavy atom. The van der Waals surface area contributed by atoms with E-state index in [1.165, 1.54) is 0 Å². The fraction of sp³-hybridized carbons (Fsp3) is 0.214. The molecule has 1 aromatic heterocycles. The van der Waals surface area contributed by atoms with E-state index in [-0.39, 0.29) is 23.7 Å². The first-order chi connectivity index (χ1) is 17.5. The molecular weight excluding hydrogens is 513 g/mol. The van der Waals surface area contributed by atoms with Crippen molar-refractivity contribution in [2.24, 2.45) is 5.92 Å². The van der Waals surface area contributed by atoms with Gasteiger partial charge in [-0.1, -0.05) is 65.7 Å². The highest BCUT2D eigenvalue weighted by Crippen LogP contribution is 2.62. The minimum Gasteiger partial charge on any atom is -0.360 e. The van der Waals surface area contributed by atoms with Crippen molar-refractivity contribution < 1.29 is 9.59 Å². The lowest BCUT2D eigenvalue weighted by Crippen LogP contribution is -2.52. The molecule has 2 N–H and O–H groups in total. The van der Waals surface area contributed by atoms with E-state index >= 15 is 0 Å². The third kappa shape index (κ3) is 2.90. The molecule has 0 aliphatic carbocycles. The van der Waals surface area contributed by atoms with Gasteiger partial charge in [0.25, 0.3) is 0 Å². The Hall–Kier alpha value is -2.77. The molecule has 3 aliphatic heterocycles. The lowest BCUT2D eigenvalue weighted by molar-refractivity contribution is -0.127. The van der Waals surface area contributed by atoms with Gasteiger partial charge in [0, 0.05) is 67.5 Å². The molecule has 0 saturated carbocycles. The van der Waals surface area contributed by atoms with Gasteiger partial charge in [-0.2, -0.15) is 0 Å². The van der Waals surface area contributed by atoms with E-state index in [0.29, 0.717) is 21.5 Å². The predicted molar refractivity (Wildman–Crippen MR) is 145 cm³/mol. The maximum atomic E-state index is 14.7. The molecule has 1 amide bonds. The van der Waals surface area contributed by atoms with Gasteiger partial charge in [-0.05, 0) is 29.8 Å². The first-order valence-electron chi connectivity index (χ1n) is 11.8. The lowest BCUT2D eigenvalue weighted by atomic mass is 9.69. The number of thioether (sulfide) groups is 1. The second-order valence-corrected chi connectivity index (χ2v) is 11.4. The molecular formula is C28H21Cl2N3O2S. The number of nitrogens with zero attached hydrogens (tertiary/aromatic N) is 1. The Balaban J connectivity index is 1.52. The molecule has 1 spiro atoms. The number of anilines is 1. The molecule has 7 rings (SSSR count). The Bertz CT molecular complexity index is 1570. The Morgan fingerprint density at radius 3 is 2.72 bits per heavy atom. The molecule has 2 fully saturated rings. The first-order valence-corrected chi connectivity index (χ1v) is 13.7. The molecule has 4 heterocycles. The highest BCUT2D eigenvalue weighted by molar-refractivity contribution is 7.99. The molecule has 0 bridgehead atoms. The Kier molecular flexibility index (Phi) is 5.06. The molecule has 180 valence electrons. The van der Waals surface area contributed by atoms with Crippen molar-refractivity contribution in [2.75, 3.05) is 16.9 Å². The van der Waals surface area contributed by atoms with E-state index in [9.17, 15) is 9.59 Å². The molecule has 36 heavy (non-hydrogen) atoms. The van der Waals surface area contributed by atoms with Gasteiger partial charge >= 0.3 is 0 Å². The van der Waals surface area contributed by atoms with Crippen LogP contribution in [0.3, 0.4) is 0 Å². The van der Waals surface area contributed by atoms with Gasteiger partial charge < -0.3 is 10.3 Å². The summed E-state index contributed by atoms with van der Waals surface area (Å²) in [5.74, 6) is 0.286. The van der Waals surface area contributed by atoms with Crippen LogP contribution in [-0.4, -0.2) is 39.2 Å². The van der Waals surface area contributed by atoms with Crippen molar-refractivity contribution in [1.29, 1.82) is 0 Å².